The minimum atomic E-state index is 0.552. The lowest BCUT2D eigenvalue weighted by atomic mass is 10.0. The minimum absolute atomic E-state index is 0.552. The van der Waals surface area contributed by atoms with Crippen molar-refractivity contribution in [3.8, 4) is 0 Å². The number of aromatic nitrogens is 1. The summed E-state index contributed by atoms with van der Waals surface area (Å²) in [5.41, 5.74) is 12.0. The third kappa shape index (κ3) is 4.11. The predicted octanol–water partition coefficient (Wildman–Crippen LogP) is 4.36. The van der Waals surface area contributed by atoms with E-state index >= 15 is 0 Å². The van der Waals surface area contributed by atoms with Crippen LogP contribution in [0.25, 0.3) is 11.6 Å². The molecule has 3 nitrogen and oxygen atoms in total. The van der Waals surface area contributed by atoms with Crippen LogP contribution in [0.4, 0.5) is 0 Å². The van der Waals surface area contributed by atoms with E-state index in [-0.39, 0.29) is 0 Å². The lowest BCUT2D eigenvalue weighted by molar-refractivity contribution is 0.997. The molecule has 2 aromatic rings. The Morgan fingerprint density at radius 2 is 2.00 bits per heavy atom. The second-order valence-electron chi connectivity index (χ2n) is 5.92. The molecule has 0 bridgehead atoms. The van der Waals surface area contributed by atoms with E-state index in [0.29, 0.717) is 6.54 Å². The third-order valence-corrected chi connectivity index (χ3v) is 4.59. The van der Waals surface area contributed by atoms with Crippen molar-refractivity contribution in [3.63, 3.8) is 0 Å². The SMILES string of the molecule is [B]n1cccc1/C(CCN)=C1N=C(/C=C/c2ccc(Br)cc2)C=C\1C. The number of benzene rings is 1. The van der Waals surface area contributed by atoms with E-state index in [1.54, 1.807) is 4.48 Å². The molecule has 0 saturated carbocycles. The number of allylic oxidation sites excluding steroid dienone is 3. The van der Waals surface area contributed by atoms with Gasteiger partial charge in [-0.1, -0.05) is 34.1 Å². The molecule has 25 heavy (non-hydrogen) atoms. The van der Waals surface area contributed by atoms with Crippen molar-refractivity contribution in [2.75, 3.05) is 6.54 Å². The van der Waals surface area contributed by atoms with Gasteiger partial charge in [-0.25, -0.2) is 4.99 Å². The predicted molar refractivity (Wildman–Crippen MR) is 111 cm³/mol. The van der Waals surface area contributed by atoms with Crippen LogP contribution in [0.2, 0.25) is 0 Å². The largest absolute Gasteiger partial charge is 0.403 e. The highest BCUT2D eigenvalue weighted by molar-refractivity contribution is 9.10. The summed E-state index contributed by atoms with van der Waals surface area (Å²) in [5, 5.41) is 0. The Morgan fingerprint density at radius 3 is 2.64 bits per heavy atom. The molecule has 1 aliphatic rings. The van der Waals surface area contributed by atoms with Crippen molar-refractivity contribution in [3.05, 3.63) is 81.7 Å². The monoisotopic (exact) mass is 391 g/mol. The van der Waals surface area contributed by atoms with Crippen molar-refractivity contribution < 1.29 is 0 Å². The van der Waals surface area contributed by atoms with E-state index in [1.807, 2.05) is 36.5 Å². The fourth-order valence-corrected chi connectivity index (χ4v) is 3.11. The Bertz CT molecular complexity index is 886. The third-order valence-electron chi connectivity index (χ3n) is 4.06. The summed E-state index contributed by atoms with van der Waals surface area (Å²) in [7, 11) is 6.02. The van der Waals surface area contributed by atoms with Gasteiger partial charge in [0.25, 0.3) is 0 Å². The summed E-state index contributed by atoms with van der Waals surface area (Å²) >= 11 is 3.45. The molecule has 2 N–H and O–H groups in total. The highest BCUT2D eigenvalue weighted by Crippen LogP contribution is 2.30. The van der Waals surface area contributed by atoms with Crippen molar-refractivity contribution in [2.24, 2.45) is 10.7 Å². The quantitative estimate of drug-likeness (QED) is 0.756. The average Bonchev–Trinajstić information content (AvgIpc) is 3.18. The summed E-state index contributed by atoms with van der Waals surface area (Å²) in [6.07, 6.45) is 8.74. The van der Waals surface area contributed by atoms with Crippen LogP contribution in [-0.4, -0.2) is 24.7 Å². The number of hydrogen-bond donors (Lipinski definition) is 1. The molecule has 0 unspecified atom stereocenters. The normalized spacial score (nSPS) is 16.3. The Balaban J connectivity index is 1.93. The van der Waals surface area contributed by atoms with Crippen LogP contribution in [0.5, 0.6) is 0 Å². The van der Waals surface area contributed by atoms with Crippen molar-refractivity contribution >= 4 is 41.3 Å². The van der Waals surface area contributed by atoms with Gasteiger partial charge in [-0.3, -0.25) is 0 Å². The number of rotatable bonds is 5. The van der Waals surface area contributed by atoms with Gasteiger partial charge in [-0.2, -0.15) is 0 Å². The maximum absolute atomic E-state index is 6.02. The summed E-state index contributed by atoms with van der Waals surface area (Å²) < 4.78 is 2.69. The number of nitrogens with two attached hydrogens (primary N) is 1. The van der Waals surface area contributed by atoms with Gasteiger partial charge in [0, 0.05) is 15.7 Å². The number of nitrogens with zero attached hydrogens (tertiary/aromatic N) is 2. The maximum Gasteiger partial charge on any atom is 0.234 e. The molecule has 2 heterocycles. The van der Waals surface area contributed by atoms with Crippen LogP contribution >= 0.6 is 15.9 Å². The van der Waals surface area contributed by atoms with Crippen LogP contribution in [0, 0.1) is 0 Å². The summed E-state index contributed by atoms with van der Waals surface area (Å²) in [6.45, 7) is 2.62. The Hall–Kier alpha value is -2.11. The van der Waals surface area contributed by atoms with E-state index in [9.17, 15) is 0 Å². The average molecular weight is 392 g/mol. The summed E-state index contributed by atoms with van der Waals surface area (Å²) in [4.78, 5) is 4.80. The Labute approximate surface area is 158 Å². The second-order valence-corrected chi connectivity index (χ2v) is 6.83. The summed E-state index contributed by atoms with van der Waals surface area (Å²) in [6, 6.07) is 12.1. The van der Waals surface area contributed by atoms with Crippen molar-refractivity contribution in [1.82, 2.24) is 4.48 Å². The zero-order chi connectivity index (χ0) is 17.8. The zero-order valence-electron chi connectivity index (χ0n) is 14.1. The van der Waals surface area contributed by atoms with E-state index < -0.39 is 0 Å². The number of halogens is 1. The molecule has 0 amide bonds. The molecule has 0 atom stereocenters. The van der Waals surface area contributed by atoms with Gasteiger partial charge in [-0.15, -0.1) is 0 Å². The van der Waals surface area contributed by atoms with Gasteiger partial charge in [-0.05, 0) is 73.6 Å². The van der Waals surface area contributed by atoms with E-state index in [1.165, 1.54) is 0 Å². The zero-order valence-corrected chi connectivity index (χ0v) is 15.7. The molecule has 1 aromatic heterocycles. The fourth-order valence-electron chi connectivity index (χ4n) is 2.85. The van der Waals surface area contributed by atoms with Crippen molar-refractivity contribution in [1.29, 1.82) is 0 Å². The Morgan fingerprint density at radius 1 is 1.24 bits per heavy atom. The number of aliphatic imine (C=N–C) groups is 1. The summed E-state index contributed by atoms with van der Waals surface area (Å²) in [5.74, 6) is 0. The lowest BCUT2D eigenvalue weighted by Gasteiger charge is -2.11. The first-order valence-electron chi connectivity index (χ1n) is 8.15. The first-order valence-corrected chi connectivity index (χ1v) is 8.95. The molecule has 0 spiro atoms. The van der Waals surface area contributed by atoms with Gasteiger partial charge in [0.1, 0.15) is 0 Å². The molecule has 2 radical (unpaired) electrons. The van der Waals surface area contributed by atoms with Gasteiger partial charge < -0.3 is 10.2 Å². The lowest BCUT2D eigenvalue weighted by Crippen LogP contribution is -2.05. The van der Waals surface area contributed by atoms with Crippen LogP contribution in [0.1, 0.15) is 24.6 Å². The van der Waals surface area contributed by atoms with Gasteiger partial charge in [0.15, 0.2) is 0 Å². The molecular weight excluding hydrogens is 373 g/mol. The van der Waals surface area contributed by atoms with E-state index in [4.69, 9.17) is 18.7 Å². The minimum Gasteiger partial charge on any atom is -0.403 e. The molecule has 0 saturated heterocycles. The van der Waals surface area contributed by atoms with Crippen LogP contribution in [0.3, 0.4) is 0 Å². The molecule has 124 valence electrons. The smallest absolute Gasteiger partial charge is 0.234 e. The highest BCUT2D eigenvalue weighted by Gasteiger charge is 2.16. The molecule has 0 fully saturated rings. The standard InChI is InChI=1S/C20H19BBrN3/c1-14-13-17(9-6-15-4-7-16(22)8-5-15)24-20(14)18(10-11-23)19-3-2-12-25(19)21/h2-9,12-13H,10-11,23H2,1H3/b9-6+,20-18-. The van der Waals surface area contributed by atoms with E-state index in [2.05, 4.69) is 47.1 Å². The highest BCUT2D eigenvalue weighted by atomic mass is 79.9. The number of hydrogen-bond acceptors (Lipinski definition) is 2. The topological polar surface area (TPSA) is 43.3 Å². The molecule has 0 aliphatic carbocycles. The fraction of sp³-hybridized carbons (Fsp3) is 0.150. The first kappa shape index (κ1) is 17.7. The van der Waals surface area contributed by atoms with Gasteiger partial charge in [0.2, 0.25) is 7.98 Å². The first-order chi connectivity index (χ1) is 12.1. The van der Waals surface area contributed by atoms with E-state index in [0.717, 1.165) is 44.7 Å². The molecule has 3 rings (SSSR count). The molecule has 1 aliphatic heterocycles. The Kier molecular flexibility index (Phi) is 5.56. The van der Waals surface area contributed by atoms with Crippen LogP contribution in [-0.2, 0) is 0 Å². The van der Waals surface area contributed by atoms with Crippen LogP contribution in [0.15, 0.2) is 75.5 Å². The van der Waals surface area contributed by atoms with Crippen LogP contribution < -0.4 is 5.73 Å². The second kappa shape index (κ2) is 7.85. The maximum atomic E-state index is 6.02. The van der Waals surface area contributed by atoms with Crippen molar-refractivity contribution in [2.45, 2.75) is 13.3 Å². The molecule has 5 heteroatoms. The van der Waals surface area contributed by atoms with Gasteiger partial charge in [0.05, 0.1) is 11.4 Å². The molecule has 1 aromatic carbocycles. The molecular formula is C20H19BBrN3. The van der Waals surface area contributed by atoms with Gasteiger partial charge >= 0.3 is 0 Å².